The first-order valence-electron chi connectivity index (χ1n) is 5.22. The Labute approximate surface area is 137 Å². The Kier molecular flexibility index (Phi) is 10.2. The van der Waals surface area contributed by atoms with E-state index in [1.165, 1.54) is 16.8 Å². The average Bonchev–Trinajstić information content (AvgIpc) is 2.71. The van der Waals surface area contributed by atoms with Gasteiger partial charge in [-0.3, -0.25) is 12.2 Å². The van der Waals surface area contributed by atoms with E-state index in [0.29, 0.717) is 0 Å². The number of allylic oxidation sites excluding steroid dienone is 8. The zero-order chi connectivity index (χ0) is 10.0. The van der Waals surface area contributed by atoms with E-state index in [0.717, 1.165) is 12.8 Å². The summed E-state index contributed by atoms with van der Waals surface area (Å²) in [6, 6.07) is 1.22. The van der Waals surface area contributed by atoms with Gasteiger partial charge < -0.3 is 24.8 Å². The van der Waals surface area contributed by atoms with Gasteiger partial charge in [0.15, 0.2) is 0 Å². The maximum absolute atomic E-state index is 3.47. The third-order valence-corrected chi connectivity index (χ3v) is 5.89. The van der Waals surface area contributed by atoms with E-state index < -0.39 is 8.07 Å². The van der Waals surface area contributed by atoms with Crippen LogP contribution in [-0.2, 0) is 26.2 Å². The van der Waals surface area contributed by atoms with Crippen molar-refractivity contribution < 1.29 is 51.0 Å². The first-order chi connectivity index (χ1) is 6.68. The molecular formula is C13H16Cl2SiZr. The second-order valence-electron chi connectivity index (χ2n) is 4.57. The summed E-state index contributed by atoms with van der Waals surface area (Å²) in [5, 5.41) is 1.49. The van der Waals surface area contributed by atoms with Crippen molar-refractivity contribution in [3.8, 4) is 0 Å². The number of halogens is 2. The van der Waals surface area contributed by atoms with Crippen molar-refractivity contribution in [2.75, 3.05) is 0 Å². The molecule has 0 aromatic heterocycles. The third-order valence-electron chi connectivity index (χ3n) is 2.82. The van der Waals surface area contributed by atoms with Crippen LogP contribution in [0.15, 0.2) is 35.1 Å². The molecule has 0 N–H and O–H groups in total. The van der Waals surface area contributed by atoms with E-state index in [2.05, 4.69) is 49.6 Å². The number of hydrogen-bond acceptors (Lipinski definition) is 0. The van der Waals surface area contributed by atoms with Crippen LogP contribution in [-0.4, -0.2) is 8.07 Å². The van der Waals surface area contributed by atoms with Crippen molar-refractivity contribution >= 4 is 8.07 Å². The molecule has 0 saturated carbocycles. The van der Waals surface area contributed by atoms with Crippen molar-refractivity contribution in [2.45, 2.75) is 32.0 Å². The molecule has 0 aliphatic heterocycles. The summed E-state index contributed by atoms with van der Waals surface area (Å²) in [6.45, 7) is 4.84. The van der Waals surface area contributed by atoms with Gasteiger partial charge in [-0.05, 0) is 0 Å². The second-order valence-corrected chi connectivity index (χ2v) is 9.23. The molecule has 2 rings (SSSR count). The maximum Gasteiger partial charge on any atom is 4.00 e. The van der Waals surface area contributed by atoms with Crippen LogP contribution in [0.3, 0.4) is 0 Å². The monoisotopic (exact) mass is 360 g/mol. The molecule has 17 heavy (non-hydrogen) atoms. The molecular weight excluding hydrogens is 346 g/mol. The van der Waals surface area contributed by atoms with Crippen LogP contribution in [0.25, 0.3) is 0 Å². The minimum absolute atomic E-state index is 0. The predicted molar refractivity (Wildman–Crippen MR) is 63.3 cm³/mol. The van der Waals surface area contributed by atoms with Crippen LogP contribution in [0.1, 0.15) is 12.8 Å². The van der Waals surface area contributed by atoms with Crippen LogP contribution in [0.4, 0.5) is 0 Å². The number of rotatable bonds is 3. The zero-order valence-corrected chi connectivity index (χ0v) is 15.2. The molecule has 0 aromatic carbocycles. The van der Waals surface area contributed by atoms with Gasteiger partial charge in [0.25, 0.3) is 0 Å². The number of hydrogen-bond donors (Lipinski definition) is 0. The molecule has 0 fully saturated rings. The fourth-order valence-electron chi connectivity index (χ4n) is 2.01. The SMILES string of the molecule is C[Si](C)(CC1=[C-]CC=C1)C1=[C-]CC=C1.[Cl-].[Cl-].[Zr+4]. The Morgan fingerprint density at radius 3 is 2.12 bits per heavy atom. The van der Waals surface area contributed by atoms with Crippen LogP contribution < -0.4 is 24.8 Å². The van der Waals surface area contributed by atoms with Gasteiger partial charge in [0.1, 0.15) is 0 Å². The summed E-state index contributed by atoms with van der Waals surface area (Å²) >= 11 is 0. The van der Waals surface area contributed by atoms with Crippen LogP contribution >= 0.6 is 0 Å². The fourth-order valence-corrected chi connectivity index (χ4v) is 4.55. The zero-order valence-electron chi connectivity index (χ0n) is 10.2. The van der Waals surface area contributed by atoms with E-state index >= 15 is 0 Å². The smallest absolute Gasteiger partial charge is 1.00 e. The molecule has 0 heterocycles. The first kappa shape index (κ1) is 20.0. The van der Waals surface area contributed by atoms with Gasteiger partial charge in [0, 0.05) is 8.07 Å². The topological polar surface area (TPSA) is 0 Å². The Bertz CT molecular complexity index is 354. The van der Waals surface area contributed by atoms with E-state index in [9.17, 15) is 0 Å². The Morgan fingerprint density at radius 1 is 1.06 bits per heavy atom. The molecule has 0 spiro atoms. The molecule has 0 nitrogen and oxygen atoms in total. The van der Waals surface area contributed by atoms with Gasteiger partial charge >= 0.3 is 26.2 Å². The average molecular weight is 362 g/mol. The van der Waals surface area contributed by atoms with Gasteiger partial charge in [-0.2, -0.15) is 12.2 Å². The molecule has 0 bridgehead atoms. The summed E-state index contributed by atoms with van der Waals surface area (Å²) in [5.41, 5.74) is 1.41. The van der Waals surface area contributed by atoms with Gasteiger partial charge in [0.2, 0.25) is 0 Å². The quantitative estimate of drug-likeness (QED) is 0.389. The van der Waals surface area contributed by atoms with Gasteiger partial charge in [-0.15, -0.1) is 12.8 Å². The summed E-state index contributed by atoms with van der Waals surface area (Å²) in [6.07, 6.45) is 17.8. The molecule has 0 amide bonds. The molecule has 0 unspecified atom stereocenters. The van der Waals surface area contributed by atoms with Crippen LogP contribution in [0.2, 0.25) is 19.1 Å². The summed E-state index contributed by atoms with van der Waals surface area (Å²) in [4.78, 5) is 0. The van der Waals surface area contributed by atoms with E-state index in [-0.39, 0.29) is 51.0 Å². The second kappa shape index (κ2) is 8.69. The summed E-state index contributed by atoms with van der Waals surface area (Å²) in [7, 11) is -1.27. The van der Waals surface area contributed by atoms with Crippen molar-refractivity contribution in [1.82, 2.24) is 0 Å². The molecule has 0 radical (unpaired) electrons. The minimum atomic E-state index is -1.27. The minimum Gasteiger partial charge on any atom is -1.00 e. The van der Waals surface area contributed by atoms with Gasteiger partial charge in [-0.25, -0.2) is 22.9 Å². The fraction of sp³-hybridized carbons (Fsp3) is 0.385. The Hall–Kier alpha value is 0.640. The van der Waals surface area contributed by atoms with Gasteiger partial charge in [0.05, 0.1) is 0 Å². The van der Waals surface area contributed by atoms with E-state index in [1.807, 2.05) is 0 Å². The third kappa shape index (κ3) is 5.42. The van der Waals surface area contributed by atoms with E-state index in [4.69, 9.17) is 0 Å². The summed E-state index contributed by atoms with van der Waals surface area (Å²) in [5.74, 6) is 0. The predicted octanol–water partition coefficient (Wildman–Crippen LogP) is -2.38. The molecule has 0 aromatic rings. The van der Waals surface area contributed by atoms with Crippen molar-refractivity contribution in [1.29, 1.82) is 0 Å². The van der Waals surface area contributed by atoms with Crippen LogP contribution in [0.5, 0.6) is 0 Å². The molecule has 4 heteroatoms. The maximum atomic E-state index is 3.47. The molecule has 2 aliphatic carbocycles. The Morgan fingerprint density at radius 2 is 1.65 bits per heavy atom. The van der Waals surface area contributed by atoms with Crippen LogP contribution in [0, 0.1) is 12.2 Å². The van der Waals surface area contributed by atoms with Gasteiger partial charge in [-0.1, -0.05) is 19.1 Å². The molecule has 0 atom stereocenters. The normalized spacial score (nSPS) is 16.6. The molecule has 2 aliphatic rings. The molecule has 90 valence electrons. The largest absolute Gasteiger partial charge is 4.00 e. The first-order valence-corrected chi connectivity index (χ1v) is 8.43. The Balaban J connectivity index is 0. The van der Waals surface area contributed by atoms with Crippen molar-refractivity contribution in [3.63, 3.8) is 0 Å². The summed E-state index contributed by atoms with van der Waals surface area (Å²) < 4.78 is 0. The van der Waals surface area contributed by atoms with E-state index in [1.54, 1.807) is 0 Å². The van der Waals surface area contributed by atoms with Crippen molar-refractivity contribution in [2.24, 2.45) is 0 Å². The molecule has 0 saturated heterocycles. The van der Waals surface area contributed by atoms with Crippen molar-refractivity contribution in [3.05, 3.63) is 47.2 Å². The standard InChI is InChI=1S/C13H16Si.2ClH.Zr/c1-14(2,13-9-5-6-10-13)11-12-7-3-4-8-12;;;/h3,5,7,9H,4,6,11H2,1-2H3;2*1H;/q-2;;;+4/p-2.